The van der Waals surface area contributed by atoms with Gasteiger partial charge in [0.25, 0.3) is 0 Å². The molecule has 2 N–H and O–H groups in total. The molecule has 1 aliphatic rings. The third-order valence-corrected chi connectivity index (χ3v) is 2.92. The highest BCUT2D eigenvalue weighted by Crippen LogP contribution is 2.39. The fourth-order valence-electron chi connectivity index (χ4n) is 2.02. The number of rotatable bonds is 2. The number of nitrogens with one attached hydrogen (secondary N) is 1. The zero-order valence-electron chi connectivity index (χ0n) is 10.6. The molecule has 0 aromatic heterocycles. The lowest BCUT2D eigenvalue weighted by Gasteiger charge is -2.36. The SMILES string of the molecule is CC(C)(C)NC(=O)CC1(O)CCC(F)(F)CC1. The summed E-state index contributed by atoms with van der Waals surface area (Å²) in [5, 5.41) is 12.8. The van der Waals surface area contributed by atoms with Crippen LogP contribution in [0.2, 0.25) is 0 Å². The molecule has 0 aromatic rings. The Morgan fingerprint density at radius 2 is 1.71 bits per heavy atom. The Morgan fingerprint density at radius 3 is 2.12 bits per heavy atom. The first kappa shape index (κ1) is 14.4. The van der Waals surface area contributed by atoms with Gasteiger partial charge in [-0.15, -0.1) is 0 Å². The van der Waals surface area contributed by atoms with Crippen molar-refractivity contribution in [3.05, 3.63) is 0 Å². The molecule has 0 radical (unpaired) electrons. The van der Waals surface area contributed by atoms with E-state index in [0.717, 1.165) is 0 Å². The van der Waals surface area contributed by atoms with E-state index in [1.54, 1.807) is 0 Å². The van der Waals surface area contributed by atoms with Crippen molar-refractivity contribution in [1.29, 1.82) is 0 Å². The van der Waals surface area contributed by atoms with Crippen LogP contribution in [0.25, 0.3) is 0 Å². The molecule has 17 heavy (non-hydrogen) atoms. The summed E-state index contributed by atoms with van der Waals surface area (Å²) in [6, 6.07) is 0. The monoisotopic (exact) mass is 249 g/mol. The molecule has 1 aliphatic carbocycles. The average molecular weight is 249 g/mol. The molecule has 0 unspecified atom stereocenters. The Labute approximate surface area is 101 Å². The number of aliphatic hydroxyl groups is 1. The molecule has 0 saturated heterocycles. The van der Waals surface area contributed by atoms with Crippen LogP contribution in [0.15, 0.2) is 0 Å². The fraction of sp³-hybridized carbons (Fsp3) is 0.917. The number of alkyl halides is 2. The van der Waals surface area contributed by atoms with Gasteiger partial charge in [0.1, 0.15) is 0 Å². The second-order valence-electron chi connectivity index (χ2n) is 6.06. The maximum absolute atomic E-state index is 12.9. The minimum atomic E-state index is -2.69. The highest BCUT2D eigenvalue weighted by molar-refractivity contribution is 5.77. The summed E-state index contributed by atoms with van der Waals surface area (Å²) in [6.07, 6.45) is -0.811. The molecule has 0 aromatic carbocycles. The van der Waals surface area contributed by atoms with Gasteiger partial charge in [-0.25, -0.2) is 8.78 Å². The predicted octanol–water partition coefficient (Wildman–Crippen LogP) is 2.23. The van der Waals surface area contributed by atoms with Gasteiger partial charge in [-0.05, 0) is 33.6 Å². The lowest BCUT2D eigenvalue weighted by Crippen LogP contribution is -2.47. The van der Waals surface area contributed by atoms with Crippen molar-refractivity contribution in [2.45, 2.75) is 69.9 Å². The Morgan fingerprint density at radius 1 is 1.24 bits per heavy atom. The summed E-state index contributed by atoms with van der Waals surface area (Å²) >= 11 is 0. The first-order valence-electron chi connectivity index (χ1n) is 5.93. The van der Waals surface area contributed by atoms with Gasteiger partial charge in [0.05, 0.1) is 12.0 Å². The van der Waals surface area contributed by atoms with Crippen molar-refractivity contribution < 1.29 is 18.7 Å². The number of carbonyl (C=O) groups excluding carboxylic acids is 1. The molecule has 1 saturated carbocycles. The van der Waals surface area contributed by atoms with Crippen LogP contribution in [0.1, 0.15) is 52.9 Å². The standard InChI is InChI=1S/C12H21F2NO2/c1-10(2,3)15-9(16)8-11(17)4-6-12(13,14)7-5-11/h17H,4-8H2,1-3H3,(H,15,16). The van der Waals surface area contributed by atoms with Crippen molar-refractivity contribution in [2.24, 2.45) is 0 Å². The maximum atomic E-state index is 12.9. The van der Waals surface area contributed by atoms with Crippen molar-refractivity contribution in [1.82, 2.24) is 5.32 Å². The van der Waals surface area contributed by atoms with Gasteiger partial charge in [-0.3, -0.25) is 4.79 Å². The van der Waals surface area contributed by atoms with Gasteiger partial charge in [-0.1, -0.05) is 0 Å². The highest BCUT2D eigenvalue weighted by atomic mass is 19.3. The van der Waals surface area contributed by atoms with Gasteiger partial charge in [0.2, 0.25) is 11.8 Å². The zero-order valence-corrected chi connectivity index (χ0v) is 10.6. The summed E-state index contributed by atoms with van der Waals surface area (Å²) in [5.74, 6) is -2.97. The van der Waals surface area contributed by atoms with E-state index in [1.807, 2.05) is 20.8 Å². The van der Waals surface area contributed by atoms with E-state index in [1.165, 1.54) is 0 Å². The molecule has 1 rings (SSSR count). The first-order valence-corrected chi connectivity index (χ1v) is 5.93. The number of hydrogen-bond acceptors (Lipinski definition) is 2. The van der Waals surface area contributed by atoms with Crippen LogP contribution in [0.3, 0.4) is 0 Å². The summed E-state index contributed by atoms with van der Waals surface area (Å²) in [6.45, 7) is 5.51. The Kier molecular flexibility index (Phi) is 3.81. The minimum absolute atomic E-state index is 0.0163. The van der Waals surface area contributed by atoms with Crippen molar-refractivity contribution >= 4 is 5.91 Å². The smallest absolute Gasteiger partial charge is 0.248 e. The number of carbonyl (C=O) groups is 1. The summed E-state index contributed by atoms with van der Waals surface area (Å²) < 4.78 is 25.9. The molecular weight excluding hydrogens is 228 g/mol. The van der Waals surface area contributed by atoms with Gasteiger partial charge in [-0.2, -0.15) is 0 Å². The van der Waals surface area contributed by atoms with E-state index >= 15 is 0 Å². The average Bonchev–Trinajstić information content (AvgIpc) is 2.08. The van der Waals surface area contributed by atoms with E-state index in [9.17, 15) is 18.7 Å². The van der Waals surface area contributed by atoms with Crippen molar-refractivity contribution in [3.8, 4) is 0 Å². The molecule has 3 nitrogen and oxygen atoms in total. The molecule has 0 heterocycles. The van der Waals surface area contributed by atoms with Crippen LogP contribution in [-0.4, -0.2) is 28.1 Å². The molecule has 0 bridgehead atoms. The Hall–Kier alpha value is -0.710. The first-order chi connectivity index (χ1) is 7.52. The lowest BCUT2D eigenvalue weighted by molar-refractivity contribution is -0.136. The van der Waals surface area contributed by atoms with E-state index < -0.39 is 11.5 Å². The molecule has 0 aliphatic heterocycles. The quantitative estimate of drug-likeness (QED) is 0.788. The molecule has 0 atom stereocenters. The Bertz CT molecular complexity index is 287. The second kappa shape index (κ2) is 4.52. The minimum Gasteiger partial charge on any atom is -0.389 e. The fourth-order valence-corrected chi connectivity index (χ4v) is 2.02. The third-order valence-electron chi connectivity index (χ3n) is 2.92. The second-order valence-corrected chi connectivity index (χ2v) is 6.06. The Balaban J connectivity index is 2.49. The van der Waals surface area contributed by atoms with Crippen LogP contribution in [0.4, 0.5) is 8.78 Å². The molecule has 1 amide bonds. The van der Waals surface area contributed by atoms with E-state index in [2.05, 4.69) is 5.32 Å². The predicted molar refractivity (Wildman–Crippen MR) is 60.9 cm³/mol. The molecule has 0 spiro atoms. The van der Waals surface area contributed by atoms with Gasteiger partial charge in [0.15, 0.2) is 0 Å². The summed E-state index contributed by atoms with van der Waals surface area (Å²) in [5.41, 5.74) is -1.64. The van der Waals surface area contributed by atoms with Crippen LogP contribution >= 0.6 is 0 Å². The van der Waals surface area contributed by atoms with Gasteiger partial charge >= 0.3 is 0 Å². The molecule has 100 valence electrons. The summed E-state index contributed by atoms with van der Waals surface area (Å²) in [4.78, 5) is 11.6. The lowest BCUT2D eigenvalue weighted by atomic mass is 9.80. The molecule has 1 fully saturated rings. The zero-order chi connectivity index (χ0) is 13.3. The van der Waals surface area contributed by atoms with Crippen LogP contribution in [0, 0.1) is 0 Å². The maximum Gasteiger partial charge on any atom is 0.248 e. The largest absolute Gasteiger partial charge is 0.389 e. The molecular formula is C12H21F2NO2. The summed E-state index contributed by atoms with van der Waals surface area (Å²) in [7, 11) is 0. The van der Waals surface area contributed by atoms with Crippen LogP contribution < -0.4 is 5.32 Å². The van der Waals surface area contributed by atoms with Crippen LogP contribution in [-0.2, 0) is 4.79 Å². The normalized spacial score (nSPS) is 23.2. The van der Waals surface area contributed by atoms with Crippen molar-refractivity contribution in [3.63, 3.8) is 0 Å². The van der Waals surface area contributed by atoms with E-state index in [4.69, 9.17) is 0 Å². The van der Waals surface area contributed by atoms with Gasteiger partial charge < -0.3 is 10.4 Å². The van der Waals surface area contributed by atoms with E-state index in [0.29, 0.717) is 0 Å². The van der Waals surface area contributed by atoms with E-state index in [-0.39, 0.29) is 43.6 Å². The topological polar surface area (TPSA) is 49.3 Å². The third kappa shape index (κ3) is 4.98. The number of hydrogen-bond donors (Lipinski definition) is 2. The highest BCUT2D eigenvalue weighted by Gasteiger charge is 2.43. The van der Waals surface area contributed by atoms with Gasteiger partial charge in [0, 0.05) is 18.4 Å². The van der Waals surface area contributed by atoms with Crippen molar-refractivity contribution in [2.75, 3.05) is 0 Å². The molecule has 5 heteroatoms. The number of amides is 1. The number of halogens is 2. The van der Waals surface area contributed by atoms with Crippen LogP contribution in [0.5, 0.6) is 0 Å².